The second-order valence-electron chi connectivity index (χ2n) is 5.17. The van der Waals surface area contributed by atoms with E-state index in [1.54, 1.807) is 36.5 Å². The number of amides is 1. The largest absolute Gasteiger partial charge is 0.504 e. The van der Waals surface area contributed by atoms with Crippen molar-refractivity contribution in [3.05, 3.63) is 53.0 Å². The lowest BCUT2D eigenvalue weighted by Gasteiger charge is -2.06. The van der Waals surface area contributed by atoms with Gasteiger partial charge in [0.25, 0.3) is 5.91 Å². The maximum Gasteiger partial charge on any atom is 0.291 e. The van der Waals surface area contributed by atoms with E-state index in [0.717, 1.165) is 16.1 Å². The highest BCUT2D eigenvalue weighted by Gasteiger charge is 2.12. The number of hydrogen-bond acceptors (Lipinski definition) is 6. The summed E-state index contributed by atoms with van der Waals surface area (Å²) in [7, 11) is 1.47. The number of phenols is 1. The van der Waals surface area contributed by atoms with Crippen molar-refractivity contribution < 1.29 is 14.6 Å². The highest BCUT2D eigenvalue weighted by atomic mass is 32.1. The van der Waals surface area contributed by atoms with Gasteiger partial charge in [-0.1, -0.05) is 6.07 Å². The summed E-state index contributed by atoms with van der Waals surface area (Å²) >= 11 is 1.56. The number of hydrazone groups is 1. The number of H-pyrrole nitrogens is 1. The second-order valence-corrected chi connectivity index (χ2v) is 6.12. The van der Waals surface area contributed by atoms with Gasteiger partial charge in [0.05, 0.1) is 23.4 Å². The highest BCUT2D eigenvalue weighted by molar-refractivity contribution is 7.13. The number of aromatic nitrogens is 2. The normalized spacial score (nSPS) is 11.4. The van der Waals surface area contributed by atoms with E-state index in [9.17, 15) is 9.90 Å². The van der Waals surface area contributed by atoms with Crippen LogP contribution < -0.4 is 10.2 Å². The Morgan fingerprint density at radius 1 is 1.36 bits per heavy atom. The van der Waals surface area contributed by atoms with Crippen LogP contribution in [0.2, 0.25) is 0 Å². The topological polar surface area (TPSA) is 99.6 Å². The Morgan fingerprint density at radius 2 is 2.20 bits per heavy atom. The lowest BCUT2D eigenvalue weighted by atomic mass is 10.1. The summed E-state index contributed by atoms with van der Waals surface area (Å²) in [6.07, 6.45) is 0. The molecule has 3 rings (SSSR count). The van der Waals surface area contributed by atoms with E-state index in [-0.39, 0.29) is 11.4 Å². The Morgan fingerprint density at radius 3 is 2.92 bits per heavy atom. The monoisotopic (exact) mass is 356 g/mol. The smallest absolute Gasteiger partial charge is 0.291 e. The van der Waals surface area contributed by atoms with Gasteiger partial charge in [-0.2, -0.15) is 10.2 Å². The number of aromatic hydroxyl groups is 1. The third-order valence-electron chi connectivity index (χ3n) is 3.52. The van der Waals surface area contributed by atoms with E-state index in [2.05, 4.69) is 20.7 Å². The summed E-state index contributed by atoms with van der Waals surface area (Å²) in [6, 6.07) is 10.4. The van der Waals surface area contributed by atoms with Crippen molar-refractivity contribution in [1.82, 2.24) is 15.6 Å². The Labute approximate surface area is 148 Å². The molecule has 8 heteroatoms. The summed E-state index contributed by atoms with van der Waals surface area (Å²) in [5.74, 6) is -0.0314. The number of phenolic OH excluding ortho intramolecular Hbond substituents is 1. The van der Waals surface area contributed by atoms with Crippen molar-refractivity contribution >= 4 is 23.0 Å². The van der Waals surface area contributed by atoms with Crippen molar-refractivity contribution in [2.45, 2.75) is 6.92 Å². The number of rotatable bonds is 5. The van der Waals surface area contributed by atoms with Crippen LogP contribution in [0.1, 0.15) is 23.0 Å². The van der Waals surface area contributed by atoms with Gasteiger partial charge in [0.2, 0.25) is 0 Å². The predicted molar refractivity (Wildman–Crippen MR) is 96.2 cm³/mol. The Balaban J connectivity index is 1.71. The van der Waals surface area contributed by atoms with Crippen LogP contribution in [-0.4, -0.2) is 34.0 Å². The average molecular weight is 356 g/mol. The Kier molecular flexibility index (Phi) is 4.80. The zero-order chi connectivity index (χ0) is 17.8. The molecule has 0 unspecified atom stereocenters. The highest BCUT2D eigenvalue weighted by Crippen LogP contribution is 2.26. The molecule has 0 fully saturated rings. The number of hydrogen-bond donors (Lipinski definition) is 3. The molecule has 2 heterocycles. The molecule has 7 nitrogen and oxygen atoms in total. The number of ether oxygens (including phenoxy) is 1. The fourth-order valence-electron chi connectivity index (χ4n) is 2.16. The molecule has 128 valence electrons. The van der Waals surface area contributed by atoms with Gasteiger partial charge in [-0.25, -0.2) is 5.43 Å². The van der Waals surface area contributed by atoms with Gasteiger partial charge in [-0.3, -0.25) is 9.89 Å². The minimum atomic E-state index is -0.413. The van der Waals surface area contributed by atoms with Crippen molar-refractivity contribution in [3.63, 3.8) is 0 Å². The maximum atomic E-state index is 12.2. The number of aromatic amines is 1. The van der Waals surface area contributed by atoms with Crippen LogP contribution in [0.15, 0.2) is 46.9 Å². The van der Waals surface area contributed by atoms with Gasteiger partial charge in [0.1, 0.15) is 0 Å². The second kappa shape index (κ2) is 7.18. The van der Waals surface area contributed by atoms with Crippen LogP contribution in [0.4, 0.5) is 0 Å². The van der Waals surface area contributed by atoms with Crippen molar-refractivity contribution in [1.29, 1.82) is 0 Å². The number of nitrogens with zero attached hydrogens (tertiary/aromatic N) is 2. The van der Waals surface area contributed by atoms with Gasteiger partial charge in [0, 0.05) is 5.56 Å². The number of nitrogens with one attached hydrogen (secondary N) is 2. The minimum Gasteiger partial charge on any atom is -0.504 e. The molecule has 2 aromatic heterocycles. The molecule has 3 N–H and O–H groups in total. The van der Waals surface area contributed by atoms with E-state index in [4.69, 9.17) is 4.74 Å². The van der Waals surface area contributed by atoms with Crippen molar-refractivity contribution in [2.75, 3.05) is 7.11 Å². The molecule has 0 bridgehead atoms. The van der Waals surface area contributed by atoms with Crippen LogP contribution in [0, 0.1) is 0 Å². The zero-order valence-electron chi connectivity index (χ0n) is 13.6. The molecule has 0 aliphatic carbocycles. The third-order valence-corrected chi connectivity index (χ3v) is 4.42. The van der Waals surface area contributed by atoms with E-state index in [1.807, 2.05) is 17.5 Å². The van der Waals surface area contributed by atoms with E-state index < -0.39 is 5.91 Å². The van der Waals surface area contributed by atoms with Gasteiger partial charge in [-0.15, -0.1) is 11.3 Å². The van der Waals surface area contributed by atoms with Gasteiger partial charge in [0.15, 0.2) is 17.2 Å². The lowest BCUT2D eigenvalue weighted by molar-refractivity contribution is 0.0950. The van der Waals surface area contributed by atoms with Crippen LogP contribution >= 0.6 is 11.3 Å². The molecule has 0 radical (unpaired) electrons. The number of carbonyl (C=O) groups excluding carboxylic acids is 1. The minimum absolute atomic E-state index is 0.0423. The first-order valence-electron chi connectivity index (χ1n) is 7.40. The summed E-state index contributed by atoms with van der Waals surface area (Å²) in [5.41, 5.74) is 4.80. The molecule has 1 aromatic carbocycles. The third kappa shape index (κ3) is 3.69. The number of benzene rings is 1. The quantitative estimate of drug-likeness (QED) is 0.483. The van der Waals surface area contributed by atoms with Gasteiger partial charge in [-0.05, 0) is 42.6 Å². The van der Waals surface area contributed by atoms with Crippen LogP contribution in [0.3, 0.4) is 0 Å². The predicted octanol–water partition coefficient (Wildman–Crippen LogP) is 3.01. The molecule has 0 spiro atoms. The molecule has 0 aliphatic heterocycles. The summed E-state index contributed by atoms with van der Waals surface area (Å²) in [4.78, 5) is 13.2. The number of methoxy groups -OCH3 is 1. The van der Waals surface area contributed by atoms with E-state index >= 15 is 0 Å². The Bertz CT molecular complexity index is 916. The van der Waals surface area contributed by atoms with Crippen LogP contribution in [-0.2, 0) is 0 Å². The molecule has 0 saturated heterocycles. The first-order valence-corrected chi connectivity index (χ1v) is 8.27. The fraction of sp³-hybridized carbons (Fsp3) is 0.118. The summed E-state index contributed by atoms with van der Waals surface area (Å²) < 4.78 is 5.06. The molecule has 0 saturated carbocycles. The molecular weight excluding hydrogens is 340 g/mol. The molecule has 3 aromatic rings. The zero-order valence-corrected chi connectivity index (χ0v) is 14.4. The number of carbonyl (C=O) groups is 1. The molecule has 1 amide bonds. The Hall–Kier alpha value is -3.13. The summed E-state index contributed by atoms with van der Waals surface area (Å²) in [6.45, 7) is 1.74. The first-order chi connectivity index (χ1) is 12.1. The van der Waals surface area contributed by atoms with Crippen molar-refractivity contribution in [3.8, 4) is 22.1 Å². The average Bonchev–Trinajstić information content (AvgIpc) is 3.30. The van der Waals surface area contributed by atoms with Gasteiger partial charge >= 0.3 is 0 Å². The molecule has 0 aliphatic rings. The van der Waals surface area contributed by atoms with Crippen LogP contribution in [0.5, 0.6) is 11.5 Å². The van der Waals surface area contributed by atoms with E-state index in [1.165, 1.54) is 13.2 Å². The van der Waals surface area contributed by atoms with Crippen LogP contribution in [0.25, 0.3) is 10.6 Å². The van der Waals surface area contributed by atoms with Gasteiger partial charge < -0.3 is 9.84 Å². The SMILES string of the molecule is COc1cc(/C(C)=N\NC(=O)c2cc(-c3cccs3)[nH]n2)ccc1O. The summed E-state index contributed by atoms with van der Waals surface area (Å²) in [5, 5.41) is 22.5. The number of thiophene rings is 1. The molecule has 25 heavy (non-hydrogen) atoms. The van der Waals surface area contributed by atoms with Crippen molar-refractivity contribution in [2.24, 2.45) is 5.10 Å². The lowest BCUT2D eigenvalue weighted by Crippen LogP contribution is -2.19. The van der Waals surface area contributed by atoms with E-state index in [0.29, 0.717) is 11.5 Å². The molecule has 0 atom stereocenters. The maximum absolute atomic E-state index is 12.2. The molecular formula is C17H16N4O3S. The fourth-order valence-corrected chi connectivity index (χ4v) is 2.85. The standard InChI is InChI=1S/C17H16N4O3S/c1-10(11-5-6-14(22)15(8-11)24-2)18-21-17(23)13-9-12(19-20-13)16-4-3-7-25-16/h3-9,22H,1-2H3,(H,19,20)(H,21,23)/b18-10-. The first kappa shape index (κ1) is 16.7.